The van der Waals surface area contributed by atoms with Gasteiger partial charge < -0.3 is 10.2 Å². The predicted octanol–water partition coefficient (Wildman–Crippen LogP) is 4.01. The van der Waals surface area contributed by atoms with E-state index in [1.807, 2.05) is 47.5 Å². The second-order valence-electron chi connectivity index (χ2n) is 6.69. The van der Waals surface area contributed by atoms with Crippen LogP contribution >= 0.6 is 15.9 Å². The molecule has 0 saturated carbocycles. The molecule has 2 heterocycles. The summed E-state index contributed by atoms with van der Waals surface area (Å²) in [5.74, 6) is 0.00570. The number of anilines is 1. The first-order chi connectivity index (χ1) is 13.6. The minimum Gasteiger partial charge on any atom is -0.338 e. The number of halogens is 1. The molecular formula is C21H19BrN4O2. The summed E-state index contributed by atoms with van der Waals surface area (Å²) in [4.78, 5) is 26.3. The Labute approximate surface area is 171 Å². The number of carbonyl (C=O) groups is 2. The SMILES string of the molecule is O=C(Nc1ccccc1-n1cc(Br)cn1)c1ccc(CN2CCCC2=O)cc1. The van der Waals surface area contributed by atoms with E-state index >= 15 is 0 Å². The summed E-state index contributed by atoms with van der Waals surface area (Å²) in [7, 11) is 0. The summed E-state index contributed by atoms with van der Waals surface area (Å²) >= 11 is 3.39. The Hall–Kier alpha value is -2.93. The molecule has 1 fully saturated rings. The number of benzene rings is 2. The molecule has 4 rings (SSSR count). The van der Waals surface area contributed by atoms with Gasteiger partial charge in [0.15, 0.2) is 0 Å². The van der Waals surface area contributed by atoms with E-state index in [4.69, 9.17) is 0 Å². The number of likely N-dealkylation sites (tertiary alicyclic amines) is 1. The zero-order valence-corrected chi connectivity index (χ0v) is 16.7. The second-order valence-corrected chi connectivity index (χ2v) is 7.61. The maximum atomic E-state index is 12.7. The van der Waals surface area contributed by atoms with Gasteiger partial charge in [0.25, 0.3) is 5.91 Å². The largest absolute Gasteiger partial charge is 0.338 e. The lowest BCUT2D eigenvalue weighted by Gasteiger charge is -2.15. The normalized spacial score (nSPS) is 13.8. The number of para-hydroxylation sites is 2. The summed E-state index contributed by atoms with van der Waals surface area (Å²) in [5.41, 5.74) is 3.04. The van der Waals surface area contributed by atoms with Gasteiger partial charge in [-0.2, -0.15) is 5.10 Å². The smallest absolute Gasteiger partial charge is 0.255 e. The van der Waals surface area contributed by atoms with Crippen LogP contribution in [-0.2, 0) is 11.3 Å². The van der Waals surface area contributed by atoms with E-state index in [1.54, 1.807) is 23.0 Å². The molecule has 2 amide bonds. The molecule has 28 heavy (non-hydrogen) atoms. The third kappa shape index (κ3) is 3.99. The molecule has 1 aromatic heterocycles. The van der Waals surface area contributed by atoms with Crippen molar-refractivity contribution in [2.75, 3.05) is 11.9 Å². The fourth-order valence-corrected chi connectivity index (χ4v) is 3.54. The van der Waals surface area contributed by atoms with E-state index in [1.165, 1.54) is 0 Å². The molecule has 1 saturated heterocycles. The summed E-state index contributed by atoms with van der Waals surface area (Å²) in [6.45, 7) is 1.40. The fraction of sp³-hybridized carbons (Fsp3) is 0.190. The van der Waals surface area contributed by atoms with E-state index < -0.39 is 0 Å². The highest BCUT2D eigenvalue weighted by atomic mass is 79.9. The highest BCUT2D eigenvalue weighted by Crippen LogP contribution is 2.22. The molecule has 0 unspecified atom stereocenters. The van der Waals surface area contributed by atoms with Gasteiger partial charge in [-0.25, -0.2) is 4.68 Å². The monoisotopic (exact) mass is 438 g/mol. The van der Waals surface area contributed by atoms with Gasteiger partial charge >= 0.3 is 0 Å². The maximum absolute atomic E-state index is 12.7. The first kappa shape index (κ1) is 18.4. The molecule has 3 aromatic rings. The van der Waals surface area contributed by atoms with Gasteiger partial charge in [-0.15, -0.1) is 0 Å². The number of aromatic nitrogens is 2. The molecule has 1 aliphatic rings. The molecule has 142 valence electrons. The highest BCUT2D eigenvalue weighted by molar-refractivity contribution is 9.10. The molecule has 1 aliphatic heterocycles. The van der Waals surface area contributed by atoms with Crippen molar-refractivity contribution in [1.82, 2.24) is 14.7 Å². The van der Waals surface area contributed by atoms with Crippen molar-refractivity contribution < 1.29 is 9.59 Å². The number of hydrogen-bond acceptors (Lipinski definition) is 3. The lowest BCUT2D eigenvalue weighted by Crippen LogP contribution is -2.23. The standard InChI is InChI=1S/C21H19BrN4O2/c22-17-12-23-26(14-17)19-5-2-1-4-18(19)24-21(28)16-9-7-15(8-10-16)13-25-11-3-6-20(25)27/h1-2,4-5,7-10,12,14H,3,6,11,13H2,(H,24,28). The second kappa shape index (κ2) is 7.98. The van der Waals surface area contributed by atoms with Gasteiger partial charge in [-0.3, -0.25) is 9.59 Å². The van der Waals surface area contributed by atoms with E-state index in [0.29, 0.717) is 24.2 Å². The summed E-state index contributed by atoms with van der Waals surface area (Å²) in [6, 6.07) is 14.9. The Morgan fingerprint density at radius 2 is 1.93 bits per heavy atom. The van der Waals surface area contributed by atoms with Gasteiger partial charge in [-0.1, -0.05) is 24.3 Å². The number of rotatable bonds is 5. The van der Waals surface area contributed by atoms with Gasteiger partial charge in [0.1, 0.15) is 0 Å². The quantitative estimate of drug-likeness (QED) is 0.654. The van der Waals surface area contributed by atoms with Crippen molar-refractivity contribution >= 4 is 33.4 Å². The van der Waals surface area contributed by atoms with E-state index in [-0.39, 0.29) is 11.8 Å². The highest BCUT2D eigenvalue weighted by Gasteiger charge is 2.20. The molecule has 0 aliphatic carbocycles. The van der Waals surface area contributed by atoms with Crippen LogP contribution in [-0.4, -0.2) is 33.0 Å². The number of carbonyl (C=O) groups excluding carboxylic acids is 2. The first-order valence-electron chi connectivity index (χ1n) is 9.08. The molecule has 7 heteroatoms. The molecule has 0 radical (unpaired) electrons. The van der Waals surface area contributed by atoms with Crippen LogP contribution < -0.4 is 5.32 Å². The van der Waals surface area contributed by atoms with E-state index in [0.717, 1.165) is 28.7 Å². The van der Waals surface area contributed by atoms with Crippen LogP contribution in [0.15, 0.2) is 65.4 Å². The number of amides is 2. The van der Waals surface area contributed by atoms with Crippen molar-refractivity contribution in [3.05, 3.63) is 76.5 Å². The average Bonchev–Trinajstić information content (AvgIpc) is 3.31. The lowest BCUT2D eigenvalue weighted by molar-refractivity contribution is -0.128. The number of hydrogen-bond donors (Lipinski definition) is 1. The fourth-order valence-electron chi connectivity index (χ4n) is 3.26. The zero-order valence-electron chi connectivity index (χ0n) is 15.1. The topological polar surface area (TPSA) is 67.2 Å². The molecule has 2 aromatic carbocycles. The summed E-state index contributed by atoms with van der Waals surface area (Å²) in [6.07, 6.45) is 5.08. The van der Waals surface area contributed by atoms with Gasteiger partial charge in [0, 0.05) is 31.3 Å². The van der Waals surface area contributed by atoms with Crippen LogP contribution in [0.4, 0.5) is 5.69 Å². The molecule has 0 atom stereocenters. The minimum absolute atomic E-state index is 0.192. The Bertz CT molecular complexity index is 1010. The van der Waals surface area contributed by atoms with Crippen molar-refractivity contribution in [3.8, 4) is 5.69 Å². The Morgan fingerprint density at radius 1 is 1.14 bits per heavy atom. The zero-order chi connectivity index (χ0) is 19.5. The Kier molecular flexibility index (Phi) is 5.25. The average molecular weight is 439 g/mol. The molecule has 0 bridgehead atoms. The number of nitrogens with zero attached hydrogens (tertiary/aromatic N) is 3. The minimum atomic E-state index is -0.192. The molecular weight excluding hydrogens is 420 g/mol. The maximum Gasteiger partial charge on any atom is 0.255 e. The van der Waals surface area contributed by atoms with Crippen molar-refractivity contribution in [3.63, 3.8) is 0 Å². The van der Waals surface area contributed by atoms with Crippen LogP contribution in [0.1, 0.15) is 28.8 Å². The van der Waals surface area contributed by atoms with E-state index in [9.17, 15) is 9.59 Å². The van der Waals surface area contributed by atoms with Crippen molar-refractivity contribution in [2.24, 2.45) is 0 Å². The summed E-state index contributed by atoms with van der Waals surface area (Å²) in [5, 5.41) is 7.23. The van der Waals surface area contributed by atoms with Crippen LogP contribution in [0.2, 0.25) is 0 Å². The van der Waals surface area contributed by atoms with Crippen LogP contribution in [0.25, 0.3) is 5.69 Å². The predicted molar refractivity (Wildman–Crippen MR) is 110 cm³/mol. The van der Waals surface area contributed by atoms with Crippen LogP contribution in [0.5, 0.6) is 0 Å². The van der Waals surface area contributed by atoms with Gasteiger partial charge in [-0.05, 0) is 52.2 Å². The van der Waals surface area contributed by atoms with Crippen LogP contribution in [0, 0.1) is 0 Å². The number of nitrogens with one attached hydrogen (secondary N) is 1. The Balaban J connectivity index is 1.48. The lowest BCUT2D eigenvalue weighted by atomic mass is 10.1. The van der Waals surface area contributed by atoms with Crippen molar-refractivity contribution in [1.29, 1.82) is 0 Å². The Morgan fingerprint density at radius 3 is 2.61 bits per heavy atom. The summed E-state index contributed by atoms with van der Waals surface area (Å²) < 4.78 is 2.57. The third-order valence-electron chi connectivity index (χ3n) is 4.71. The van der Waals surface area contributed by atoms with E-state index in [2.05, 4.69) is 26.3 Å². The van der Waals surface area contributed by atoms with Crippen LogP contribution in [0.3, 0.4) is 0 Å². The van der Waals surface area contributed by atoms with Gasteiger partial charge in [0.05, 0.1) is 22.0 Å². The van der Waals surface area contributed by atoms with Gasteiger partial charge in [0.2, 0.25) is 5.91 Å². The molecule has 0 spiro atoms. The first-order valence-corrected chi connectivity index (χ1v) is 9.87. The molecule has 6 nitrogen and oxygen atoms in total. The molecule has 1 N–H and O–H groups in total. The third-order valence-corrected chi connectivity index (χ3v) is 5.12. The van der Waals surface area contributed by atoms with Crippen molar-refractivity contribution in [2.45, 2.75) is 19.4 Å².